The van der Waals surface area contributed by atoms with Gasteiger partial charge in [0.15, 0.2) is 0 Å². The molecule has 0 saturated heterocycles. The van der Waals surface area contributed by atoms with Crippen molar-refractivity contribution >= 4 is 21.6 Å². The molecule has 1 N–H and O–H groups in total. The maximum atomic E-state index is 11.3. The number of aliphatic hydroxyl groups excluding tert-OH is 1. The van der Waals surface area contributed by atoms with Gasteiger partial charge in [-0.2, -0.15) is 0 Å². The lowest BCUT2D eigenvalue weighted by Gasteiger charge is -2.08. The van der Waals surface area contributed by atoms with Gasteiger partial charge < -0.3 is 9.67 Å². The third-order valence-electron chi connectivity index (χ3n) is 1.69. The van der Waals surface area contributed by atoms with E-state index in [1.807, 2.05) is 0 Å². The Morgan fingerprint density at radius 3 is 2.73 bits per heavy atom. The Morgan fingerprint density at radius 1 is 1.67 bits per heavy atom. The zero-order valence-corrected chi connectivity index (χ0v) is 9.47. The van der Waals surface area contributed by atoms with Crippen LogP contribution in [-0.4, -0.2) is 20.7 Å². The van der Waals surface area contributed by atoms with E-state index in [9.17, 15) is 14.9 Å². The zero-order valence-electron chi connectivity index (χ0n) is 7.88. The van der Waals surface area contributed by atoms with Crippen LogP contribution in [0, 0.1) is 10.1 Å². The number of halogens is 1. The number of hydrogen-bond donors (Lipinski definition) is 1. The van der Waals surface area contributed by atoms with Gasteiger partial charge in [-0.3, -0.25) is 14.9 Å². The normalized spacial score (nSPS) is 12.5. The van der Waals surface area contributed by atoms with E-state index in [0.717, 1.165) is 6.20 Å². The largest absolute Gasteiger partial charge is 0.392 e. The third-order valence-corrected chi connectivity index (χ3v) is 2.25. The van der Waals surface area contributed by atoms with Crippen molar-refractivity contribution < 1.29 is 10.0 Å². The Morgan fingerprint density at radius 2 is 2.27 bits per heavy atom. The van der Waals surface area contributed by atoms with E-state index in [1.165, 1.54) is 10.8 Å². The van der Waals surface area contributed by atoms with E-state index >= 15 is 0 Å². The van der Waals surface area contributed by atoms with Crippen molar-refractivity contribution in [1.82, 2.24) is 4.57 Å². The molecule has 0 amide bonds. The van der Waals surface area contributed by atoms with Crippen LogP contribution in [0.4, 0.5) is 5.69 Å². The first kappa shape index (κ1) is 11.9. The van der Waals surface area contributed by atoms with Gasteiger partial charge in [0.05, 0.1) is 21.7 Å². The first-order chi connectivity index (χ1) is 6.91. The Labute approximate surface area is 93.4 Å². The summed E-state index contributed by atoms with van der Waals surface area (Å²) in [6.07, 6.45) is 1.88. The van der Waals surface area contributed by atoms with E-state index in [4.69, 9.17) is 5.11 Å². The number of aromatic nitrogens is 1. The molecular formula is C8H9BrN2O4. The summed E-state index contributed by atoms with van der Waals surface area (Å²) in [6.45, 7) is 1.75. The summed E-state index contributed by atoms with van der Waals surface area (Å²) in [5, 5.41) is 19.6. The molecule has 15 heavy (non-hydrogen) atoms. The van der Waals surface area contributed by atoms with Crippen molar-refractivity contribution in [1.29, 1.82) is 0 Å². The van der Waals surface area contributed by atoms with Crippen LogP contribution in [0.5, 0.6) is 0 Å². The minimum absolute atomic E-state index is 0.109. The van der Waals surface area contributed by atoms with Gasteiger partial charge in [-0.1, -0.05) is 0 Å². The Kier molecular flexibility index (Phi) is 3.59. The van der Waals surface area contributed by atoms with Crippen molar-refractivity contribution in [3.63, 3.8) is 0 Å². The first-order valence-electron chi connectivity index (χ1n) is 4.14. The third kappa shape index (κ3) is 2.87. The second-order valence-corrected chi connectivity index (χ2v) is 3.98. The molecule has 0 saturated carbocycles. The molecular weight excluding hydrogens is 268 g/mol. The second-order valence-electron chi connectivity index (χ2n) is 3.12. The molecule has 0 aliphatic carbocycles. The van der Waals surface area contributed by atoms with Crippen molar-refractivity contribution in [3.8, 4) is 0 Å². The number of aliphatic hydroxyl groups is 1. The van der Waals surface area contributed by atoms with Crippen LogP contribution in [0.1, 0.15) is 6.92 Å². The van der Waals surface area contributed by atoms with Crippen molar-refractivity contribution in [2.75, 3.05) is 0 Å². The Hall–Kier alpha value is -1.21. The molecule has 0 spiro atoms. The summed E-state index contributed by atoms with van der Waals surface area (Å²) < 4.78 is 1.51. The SMILES string of the molecule is CC(O)Cn1cc(Br)c(=O)c([N+](=O)[O-])c1. The van der Waals surface area contributed by atoms with Crippen molar-refractivity contribution in [3.05, 3.63) is 37.2 Å². The van der Waals surface area contributed by atoms with Crippen LogP contribution in [0.3, 0.4) is 0 Å². The standard InChI is InChI=1S/C8H9BrN2O4/c1-5(12)2-10-3-6(9)8(13)7(4-10)11(14)15/h3-5,12H,2H2,1H3. The smallest absolute Gasteiger partial charge is 0.333 e. The molecule has 6 nitrogen and oxygen atoms in total. The monoisotopic (exact) mass is 276 g/mol. The van der Waals surface area contributed by atoms with Crippen LogP contribution < -0.4 is 5.43 Å². The number of nitro groups is 1. The summed E-state index contributed by atoms with van der Waals surface area (Å²) in [5.41, 5.74) is -1.17. The van der Waals surface area contributed by atoms with Crippen molar-refractivity contribution in [2.45, 2.75) is 19.6 Å². The fourth-order valence-electron chi connectivity index (χ4n) is 1.12. The predicted molar refractivity (Wildman–Crippen MR) is 56.7 cm³/mol. The highest BCUT2D eigenvalue weighted by molar-refractivity contribution is 9.10. The first-order valence-corrected chi connectivity index (χ1v) is 4.93. The van der Waals surface area contributed by atoms with Gasteiger partial charge in [0.2, 0.25) is 0 Å². The van der Waals surface area contributed by atoms with Crippen LogP contribution in [-0.2, 0) is 6.54 Å². The van der Waals surface area contributed by atoms with Crippen LogP contribution in [0.15, 0.2) is 21.7 Å². The van der Waals surface area contributed by atoms with Gasteiger partial charge in [-0.15, -0.1) is 0 Å². The van der Waals surface area contributed by atoms with Crippen LogP contribution >= 0.6 is 15.9 Å². The van der Waals surface area contributed by atoms with Gasteiger partial charge in [-0.25, -0.2) is 0 Å². The molecule has 1 aromatic heterocycles. The molecule has 0 aliphatic heterocycles. The van der Waals surface area contributed by atoms with Crippen LogP contribution in [0.2, 0.25) is 0 Å². The number of nitrogens with zero attached hydrogens (tertiary/aromatic N) is 2. The summed E-state index contributed by atoms with van der Waals surface area (Å²) in [5.74, 6) is 0. The highest BCUT2D eigenvalue weighted by Gasteiger charge is 2.16. The minimum Gasteiger partial charge on any atom is -0.392 e. The summed E-state index contributed by atoms with van der Waals surface area (Å²) in [7, 11) is 0. The predicted octanol–water partition coefficient (Wildman–Crippen LogP) is 0.900. The molecule has 82 valence electrons. The molecule has 7 heteroatoms. The summed E-state index contributed by atoms with van der Waals surface area (Å²) in [4.78, 5) is 21.1. The lowest BCUT2D eigenvalue weighted by Crippen LogP contribution is -2.17. The van der Waals surface area contributed by atoms with Gasteiger partial charge in [0, 0.05) is 12.7 Å². The molecule has 1 atom stereocenters. The average molecular weight is 277 g/mol. The maximum Gasteiger partial charge on any atom is 0.333 e. The molecule has 0 aromatic carbocycles. The minimum atomic E-state index is -0.744. The Balaban J connectivity index is 3.23. The molecule has 1 heterocycles. The topological polar surface area (TPSA) is 85.4 Å². The molecule has 1 aromatic rings. The summed E-state index contributed by atoms with van der Waals surface area (Å²) in [6, 6.07) is 0. The molecule has 0 bridgehead atoms. The number of pyridine rings is 1. The summed E-state index contributed by atoms with van der Waals surface area (Å²) >= 11 is 2.94. The zero-order chi connectivity index (χ0) is 11.6. The quantitative estimate of drug-likeness (QED) is 0.657. The van der Waals surface area contributed by atoms with Gasteiger partial charge in [0.25, 0.3) is 5.43 Å². The fraction of sp³-hybridized carbons (Fsp3) is 0.375. The molecule has 1 unspecified atom stereocenters. The van der Waals surface area contributed by atoms with E-state index in [2.05, 4.69) is 15.9 Å². The number of rotatable bonds is 3. The maximum absolute atomic E-state index is 11.3. The van der Waals surface area contributed by atoms with E-state index in [-0.39, 0.29) is 11.0 Å². The van der Waals surface area contributed by atoms with Crippen molar-refractivity contribution in [2.24, 2.45) is 0 Å². The highest BCUT2D eigenvalue weighted by atomic mass is 79.9. The molecule has 0 fully saturated rings. The molecule has 1 rings (SSSR count). The Bertz CT molecular complexity index is 441. The fourth-order valence-corrected chi connectivity index (χ4v) is 1.59. The van der Waals surface area contributed by atoms with E-state index in [0.29, 0.717) is 0 Å². The highest BCUT2D eigenvalue weighted by Crippen LogP contribution is 2.11. The van der Waals surface area contributed by atoms with E-state index < -0.39 is 22.1 Å². The number of hydrogen-bond acceptors (Lipinski definition) is 4. The van der Waals surface area contributed by atoms with E-state index in [1.54, 1.807) is 6.92 Å². The van der Waals surface area contributed by atoms with Crippen LogP contribution in [0.25, 0.3) is 0 Å². The van der Waals surface area contributed by atoms with Gasteiger partial charge >= 0.3 is 5.69 Å². The molecule has 0 radical (unpaired) electrons. The lowest BCUT2D eigenvalue weighted by molar-refractivity contribution is -0.386. The van der Waals surface area contributed by atoms with Gasteiger partial charge in [-0.05, 0) is 22.9 Å². The lowest BCUT2D eigenvalue weighted by atomic mass is 10.3. The molecule has 0 aliphatic rings. The average Bonchev–Trinajstić information content (AvgIpc) is 2.09. The second kappa shape index (κ2) is 4.54. The van der Waals surface area contributed by atoms with Gasteiger partial charge in [0.1, 0.15) is 0 Å².